The smallest absolute Gasteiger partial charge is 0.249 e. The quantitative estimate of drug-likeness (QED) is 0.795. The Morgan fingerprint density at radius 2 is 2.04 bits per heavy atom. The highest BCUT2D eigenvalue weighted by Crippen LogP contribution is 2.49. The van der Waals surface area contributed by atoms with Crippen molar-refractivity contribution in [2.24, 2.45) is 5.92 Å². The Kier molecular flexibility index (Phi) is 4.30. The van der Waals surface area contributed by atoms with Crippen LogP contribution in [0.3, 0.4) is 0 Å². The fraction of sp³-hybridized carbons (Fsp3) is 0.333. The first-order chi connectivity index (χ1) is 11.1. The summed E-state index contributed by atoms with van der Waals surface area (Å²) in [5.74, 6) is 1.55. The molecule has 0 saturated heterocycles. The lowest BCUT2D eigenvalue weighted by Gasteiger charge is -2.13. The van der Waals surface area contributed by atoms with Crippen LogP contribution >= 0.6 is 0 Å². The van der Waals surface area contributed by atoms with Crippen LogP contribution in [0.2, 0.25) is 0 Å². The van der Waals surface area contributed by atoms with Gasteiger partial charge in [0.2, 0.25) is 11.8 Å². The summed E-state index contributed by atoms with van der Waals surface area (Å²) in [6.45, 7) is 1.93. The molecule has 0 spiro atoms. The first kappa shape index (κ1) is 15.5. The molecule has 0 unspecified atom stereocenters. The van der Waals surface area contributed by atoms with Gasteiger partial charge < -0.3 is 4.74 Å². The third-order valence-electron chi connectivity index (χ3n) is 4.06. The van der Waals surface area contributed by atoms with Gasteiger partial charge >= 0.3 is 0 Å². The molecule has 5 nitrogen and oxygen atoms in total. The Morgan fingerprint density at radius 3 is 2.78 bits per heavy atom. The van der Waals surface area contributed by atoms with Crippen LogP contribution in [0, 0.1) is 12.8 Å². The average Bonchev–Trinajstić information content (AvgIpc) is 3.34. The molecule has 2 atom stereocenters. The molecular formula is C18H20N2O3. The van der Waals surface area contributed by atoms with Gasteiger partial charge in [-0.3, -0.25) is 9.63 Å². The molecule has 23 heavy (non-hydrogen) atoms. The van der Waals surface area contributed by atoms with E-state index in [-0.39, 0.29) is 17.7 Å². The highest BCUT2D eigenvalue weighted by atomic mass is 16.7. The van der Waals surface area contributed by atoms with E-state index in [9.17, 15) is 4.79 Å². The van der Waals surface area contributed by atoms with Crippen LogP contribution in [0.5, 0.6) is 11.6 Å². The van der Waals surface area contributed by atoms with E-state index in [2.05, 4.69) is 4.98 Å². The molecule has 0 N–H and O–H groups in total. The number of pyridine rings is 1. The monoisotopic (exact) mass is 312 g/mol. The van der Waals surface area contributed by atoms with Gasteiger partial charge in [0.1, 0.15) is 5.75 Å². The van der Waals surface area contributed by atoms with Crippen LogP contribution in [-0.2, 0) is 9.63 Å². The van der Waals surface area contributed by atoms with Gasteiger partial charge in [-0.15, -0.1) is 0 Å². The SMILES string of the molecule is CON(C)C(=O)[C@@H]1C[C@H]1c1cccc(Oc2cccc(C)n2)c1. The number of hydrogen-bond acceptors (Lipinski definition) is 4. The minimum atomic E-state index is -0.00713. The Morgan fingerprint density at radius 1 is 1.26 bits per heavy atom. The molecule has 1 aromatic carbocycles. The summed E-state index contributed by atoms with van der Waals surface area (Å²) in [7, 11) is 3.14. The zero-order valence-corrected chi connectivity index (χ0v) is 13.5. The molecule has 1 fully saturated rings. The predicted molar refractivity (Wildman–Crippen MR) is 86.1 cm³/mol. The lowest BCUT2D eigenvalue weighted by molar-refractivity contribution is -0.170. The van der Waals surface area contributed by atoms with Crippen LogP contribution in [0.4, 0.5) is 0 Å². The van der Waals surface area contributed by atoms with Crippen LogP contribution < -0.4 is 4.74 Å². The van der Waals surface area contributed by atoms with Crippen molar-refractivity contribution >= 4 is 5.91 Å². The van der Waals surface area contributed by atoms with Gasteiger partial charge in [-0.1, -0.05) is 18.2 Å². The van der Waals surface area contributed by atoms with E-state index in [0.29, 0.717) is 5.88 Å². The number of nitrogens with zero attached hydrogens (tertiary/aromatic N) is 2. The summed E-state index contributed by atoms with van der Waals surface area (Å²) in [6, 6.07) is 13.5. The predicted octanol–water partition coefficient (Wildman–Crippen LogP) is 3.31. The molecule has 5 heteroatoms. The number of benzene rings is 1. The molecule has 1 aromatic heterocycles. The maximum atomic E-state index is 12.1. The molecule has 1 amide bonds. The molecule has 1 aliphatic rings. The van der Waals surface area contributed by atoms with Crippen molar-refractivity contribution in [2.45, 2.75) is 19.3 Å². The highest BCUT2D eigenvalue weighted by Gasteiger charge is 2.45. The van der Waals surface area contributed by atoms with Crippen molar-refractivity contribution in [3.63, 3.8) is 0 Å². The van der Waals surface area contributed by atoms with Gasteiger partial charge in [-0.25, -0.2) is 10.0 Å². The van der Waals surface area contributed by atoms with Crippen molar-refractivity contribution in [2.75, 3.05) is 14.2 Å². The lowest BCUT2D eigenvalue weighted by atomic mass is 10.1. The third kappa shape index (κ3) is 3.51. The van der Waals surface area contributed by atoms with E-state index < -0.39 is 0 Å². The zero-order valence-electron chi connectivity index (χ0n) is 13.5. The van der Waals surface area contributed by atoms with Gasteiger partial charge in [0.25, 0.3) is 0 Å². The van der Waals surface area contributed by atoms with Gasteiger partial charge in [0.15, 0.2) is 0 Å². The lowest BCUT2D eigenvalue weighted by Crippen LogP contribution is -2.27. The van der Waals surface area contributed by atoms with E-state index >= 15 is 0 Å². The number of hydroxylamine groups is 2. The van der Waals surface area contributed by atoms with E-state index in [4.69, 9.17) is 9.57 Å². The molecule has 0 radical (unpaired) electrons. The largest absolute Gasteiger partial charge is 0.439 e. The van der Waals surface area contributed by atoms with E-state index in [0.717, 1.165) is 23.4 Å². The van der Waals surface area contributed by atoms with Crippen LogP contribution in [-0.4, -0.2) is 30.1 Å². The third-order valence-corrected chi connectivity index (χ3v) is 4.06. The van der Waals surface area contributed by atoms with Gasteiger partial charge in [-0.05, 0) is 43.0 Å². The Bertz CT molecular complexity index is 717. The summed E-state index contributed by atoms with van der Waals surface area (Å²) >= 11 is 0. The number of aryl methyl sites for hydroxylation is 1. The van der Waals surface area contributed by atoms with Crippen molar-refractivity contribution in [3.8, 4) is 11.6 Å². The second-order valence-electron chi connectivity index (χ2n) is 5.76. The van der Waals surface area contributed by atoms with Crippen LogP contribution in [0.15, 0.2) is 42.5 Å². The normalized spacial score (nSPS) is 19.3. The van der Waals surface area contributed by atoms with Crippen LogP contribution in [0.25, 0.3) is 0 Å². The van der Waals surface area contributed by atoms with Gasteiger partial charge in [0, 0.05) is 24.7 Å². The van der Waals surface area contributed by atoms with Gasteiger partial charge in [-0.2, -0.15) is 0 Å². The summed E-state index contributed by atoms with van der Waals surface area (Å²) in [5.41, 5.74) is 2.02. The number of amides is 1. The van der Waals surface area contributed by atoms with Gasteiger partial charge in [0.05, 0.1) is 7.11 Å². The Labute approximate surface area is 135 Å². The number of rotatable bonds is 5. The summed E-state index contributed by atoms with van der Waals surface area (Å²) in [4.78, 5) is 21.4. The zero-order chi connectivity index (χ0) is 16.4. The van der Waals surface area contributed by atoms with Crippen molar-refractivity contribution in [1.29, 1.82) is 0 Å². The Hall–Kier alpha value is -2.40. The molecule has 2 aromatic rings. The fourth-order valence-electron chi connectivity index (χ4n) is 2.66. The second-order valence-corrected chi connectivity index (χ2v) is 5.76. The summed E-state index contributed by atoms with van der Waals surface area (Å²) in [6.07, 6.45) is 0.846. The molecule has 120 valence electrons. The van der Waals surface area contributed by atoms with E-state index in [1.54, 1.807) is 7.05 Å². The first-order valence-electron chi connectivity index (χ1n) is 7.61. The topological polar surface area (TPSA) is 51.7 Å². The maximum absolute atomic E-state index is 12.1. The summed E-state index contributed by atoms with van der Waals surface area (Å²) in [5, 5.41) is 1.29. The van der Waals surface area contributed by atoms with Crippen molar-refractivity contribution in [3.05, 3.63) is 53.7 Å². The minimum absolute atomic E-state index is 0.00713. The molecule has 1 aliphatic carbocycles. The maximum Gasteiger partial charge on any atom is 0.249 e. The number of aromatic nitrogens is 1. The minimum Gasteiger partial charge on any atom is -0.439 e. The molecule has 0 bridgehead atoms. The van der Waals surface area contributed by atoms with Crippen molar-refractivity contribution < 1.29 is 14.4 Å². The fourth-order valence-corrected chi connectivity index (χ4v) is 2.66. The highest BCUT2D eigenvalue weighted by molar-refractivity contribution is 5.82. The van der Waals surface area contributed by atoms with Crippen molar-refractivity contribution in [1.82, 2.24) is 10.0 Å². The summed E-state index contributed by atoms with van der Waals surface area (Å²) < 4.78 is 5.81. The molecule has 1 heterocycles. The number of ether oxygens (including phenoxy) is 1. The molecular weight excluding hydrogens is 292 g/mol. The number of hydrogen-bond donors (Lipinski definition) is 0. The number of carbonyl (C=O) groups is 1. The van der Waals surface area contributed by atoms with Crippen LogP contribution in [0.1, 0.15) is 23.6 Å². The van der Waals surface area contributed by atoms with E-state index in [1.165, 1.54) is 12.2 Å². The first-order valence-corrected chi connectivity index (χ1v) is 7.61. The second kappa shape index (κ2) is 6.38. The molecule has 0 aliphatic heterocycles. The van der Waals surface area contributed by atoms with E-state index in [1.807, 2.05) is 49.4 Å². The standard InChI is InChI=1S/C18H20N2O3/c1-12-6-4-9-17(19-12)23-14-8-5-7-13(10-14)15-11-16(15)18(21)20(2)22-3/h4-10,15-16H,11H2,1-3H3/t15-,16+/m0/s1. The Balaban J connectivity index is 1.70. The molecule has 1 saturated carbocycles. The number of carbonyl (C=O) groups excluding carboxylic acids is 1. The average molecular weight is 312 g/mol. The molecule has 3 rings (SSSR count).